The maximum absolute atomic E-state index is 12.0. The predicted molar refractivity (Wildman–Crippen MR) is 75.5 cm³/mol. The van der Waals surface area contributed by atoms with Gasteiger partial charge in [-0.3, -0.25) is 4.90 Å². The molecule has 0 saturated carbocycles. The number of hydrogen-bond donors (Lipinski definition) is 1. The lowest BCUT2D eigenvalue weighted by molar-refractivity contribution is 0.151. The van der Waals surface area contributed by atoms with Crippen LogP contribution in [0, 0.1) is 0 Å². The summed E-state index contributed by atoms with van der Waals surface area (Å²) in [6.07, 6.45) is 0.874. The zero-order valence-electron chi connectivity index (χ0n) is 12.1. The lowest BCUT2D eigenvalue weighted by atomic mass is 10.3. The van der Waals surface area contributed by atoms with Gasteiger partial charge in [0.1, 0.15) is 0 Å². The molecule has 18 heavy (non-hydrogen) atoms. The Hall–Kier alpha value is -0.170. The zero-order valence-corrected chi connectivity index (χ0v) is 12.9. The summed E-state index contributed by atoms with van der Waals surface area (Å²) in [6, 6.07) is 0. The number of nitrogens with two attached hydrogens (primary N) is 1. The molecule has 0 rings (SSSR count). The Kier molecular flexibility index (Phi) is 8.02. The third-order valence-electron chi connectivity index (χ3n) is 2.90. The topological polar surface area (TPSA) is 72.6 Å². The van der Waals surface area contributed by atoms with Crippen LogP contribution in [-0.2, 0) is 14.6 Å². The van der Waals surface area contributed by atoms with E-state index < -0.39 is 14.6 Å². The van der Waals surface area contributed by atoms with Gasteiger partial charge in [0.25, 0.3) is 0 Å². The van der Waals surface area contributed by atoms with Crippen LogP contribution >= 0.6 is 0 Å². The minimum atomic E-state index is -3.06. The number of rotatable bonds is 9. The molecule has 6 heteroatoms. The molecule has 2 N–H and O–H groups in total. The number of nitrogens with zero attached hydrogens (tertiary/aromatic N) is 1. The van der Waals surface area contributed by atoms with Crippen LogP contribution in [0.4, 0.5) is 0 Å². The molecule has 0 amide bonds. The molecule has 0 spiro atoms. The van der Waals surface area contributed by atoms with Crippen molar-refractivity contribution in [1.29, 1.82) is 0 Å². The Labute approximate surface area is 112 Å². The van der Waals surface area contributed by atoms with Crippen LogP contribution in [0.5, 0.6) is 0 Å². The monoisotopic (exact) mass is 280 g/mol. The summed E-state index contributed by atoms with van der Waals surface area (Å²) in [5.74, 6) is 0.185. The summed E-state index contributed by atoms with van der Waals surface area (Å²) >= 11 is 0. The zero-order chi connectivity index (χ0) is 14.2. The molecule has 0 aromatic carbocycles. The van der Waals surface area contributed by atoms with Crippen LogP contribution in [0.3, 0.4) is 0 Å². The van der Waals surface area contributed by atoms with Gasteiger partial charge in [0.15, 0.2) is 9.84 Å². The van der Waals surface area contributed by atoms with Crippen molar-refractivity contribution in [2.75, 3.05) is 45.6 Å². The van der Waals surface area contributed by atoms with Gasteiger partial charge in [-0.1, -0.05) is 0 Å². The van der Waals surface area contributed by atoms with Gasteiger partial charge in [-0.2, -0.15) is 0 Å². The highest BCUT2D eigenvalue weighted by atomic mass is 32.2. The molecule has 5 nitrogen and oxygen atoms in total. The molecule has 0 bridgehead atoms. The molecule has 0 saturated heterocycles. The highest BCUT2D eigenvalue weighted by molar-refractivity contribution is 7.92. The quantitative estimate of drug-likeness (QED) is 0.666. The molecule has 0 fully saturated rings. The molecule has 0 heterocycles. The maximum atomic E-state index is 12.0. The molecule has 0 aromatic heterocycles. The molecule has 0 aromatic rings. The van der Waals surface area contributed by atoms with Gasteiger partial charge < -0.3 is 10.5 Å². The highest BCUT2D eigenvalue weighted by Gasteiger charge is 2.28. The van der Waals surface area contributed by atoms with E-state index in [2.05, 4.69) is 4.90 Å². The number of sulfone groups is 1. The fraction of sp³-hybridized carbons (Fsp3) is 1.00. The third-order valence-corrected chi connectivity index (χ3v) is 5.49. The fourth-order valence-corrected chi connectivity index (χ4v) is 2.54. The lowest BCUT2D eigenvalue weighted by Crippen LogP contribution is -2.38. The first kappa shape index (κ1) is 17.8. The standard InChI is InChI=1S/C12H28N2O3S/c1-12(2,3)18(15,16)11-9-14(7-5-6-13)8-10-17-4/h5-11,13H2,1-4H3. The Bertz CT molecular complexity index is 302. The van der Waals surface area contributed by atoms with Gasteiger partial charge in [0.05, 0.1) is 17.1 Å². The number of hydrogen-bond acceptors (Lipinski definition) is 5. The van der Waals surface area contributed by atoms with Gasteiger partial charge in [0.2, 0.25) is 0 Å². The lowest BCUT2D eigenvalue weighted by Gasteiger charge is -2.25. The van der Waals surface area contributed by atoms with Crippen LogP contribution < -0.4 is 5.73 Å². The van der Waals surface area contributed by atoms with E-state index in [9.17, 15) is 8.42 Å². The molecular formula is C12H28N2O3S. The van der Waals surface area contributed by atoms with E-state index in [4.69, 9.17) is 10.5 Å². The minimum Gasteiger partial charge on any atom is -0.383 e. The average Bonchev–Trinajstić information content (AvgIpc) is 2.26. The molecule has 0 aliphatic rings. The number of methoxy groups -OCH3 is 1. The summed E-state index contributed by atoms with van der Waals surface area (Å²) in [7, 11) is -1.41. The van der Waals surface area contributed by atoms with Gasteiger partial charge >= 0.3 is 0 Å². The molecule has 0 unspecified atom stereocenters. The molecular weight excluding hydrogens is 252 g/mol. The molecule has 0 aliphatic heterocycles. The summed E-state index contributed by atoms with van der Waals surface area (Å²) < 4.78 is 28.4. The SMILES string of the molecule is COCCN(CCCN)CCS(=O)(=O)C(C)(C)C. The predicted octanol–water partition coefficient (Wildman–Crippen LogP) is 0.497. The minimum absolute atomic E-state index is 0.185. The second-order valence-electron chi connectivity index (χ2n) is 5.41. The highest BCUT2D eigenvalue weighted by Crippen LogP contribution is 2.15. The van der Waals surface area contributed by atoms with Crippen molar-refractivity contribution in [2.24, 2.45) is 5.73 Å². The second kappa shape index (κ2) is 8.09. The van der Waals surface area contributed by atoms with Crippen LogP contribution in [0.2, 0.25) is 0 Å². The number of ether oxygens (including phenoxy) is 1. The summed E-state index contributed by atoms with van der Waals surface area (Å²) in [5, 5.41) is 0. The van der Waals surface area contributed by atoms with Crippen LogP contribution in [0.1, 0.15) is 27.2 Å². The van der Waals surface area contributed by atoms with E-state index in [0.29, 0.717) is 19.7 Å². The van der Waals surface area contributed by atoms with E-state index in [0.717, 1.165) is 19.5 Å². The first-order valence-corrected chi connectivity index (χ1v) is 8.03. The van der Waals surface area contributed by atoms with Crippen molar-refractivity contribution >= 4 is 9.84 Å². The van der Waals surface area contributed by atoms with Crippen molar-refractivity contribution in [3.05, 3.63) is 0 Å². The summed E-state index contributed by atoms with van der Waals surface area (Å²) in [4.78, 5) is 2.10. The summed E-state index contributed by atoms with van der Waals surface area (Å²) in [6.45, 7) is 8.55. The van der Waals surface area contributed by atoms with Crippen LogP contribution in [0.25, 0.3) is 0 Å². The van der Waals surface area contributed by atoms with Crippen LogP contribution in [0.15, 0.2) is 0 Å². The summed E-state index contributed by atoms with van der Waals surface area (Å²) in [5.41, 5.74) is 5.48. The molecule has 0 atom stereocenters. The van der Waals surface area contributed by atoms with Crippen molar-refractivity contribution < 1.29 is 13.2 Å². The average molecular weight is 280 g/mol. The van der Waals surface area contributed by atoms with Crippen molar-refractivity contribution in [2.45, 2.75) is 31.9 Å². The Balaban J connectivity index is 4.32. The van der Waals surface area contributed by atoms with E-state index in [-0.39, 0.29) is 5.75 Å². The van der Waals surface area contributed by atoms with Gasteiger partial charge in [-0.05, 0) is 40.3 Å². The van der Waals surface area contributed by atoms with Gasteiger partial charge in [0, 0.05) is 20.2 Å². The largest absolute Gasteiger partial charge is 0.383 e. The first-order valence-electron chi connectivity index (χ1n) is 6.38. The third kappa shape index (κ3) is 6.68. The van der Waals surface area contributed by atoms with Gasteiger partial charge in [-0.25, -0.2) is 8.42 Å². The van der Waals surface area contributed by atoms with E-state index in [1.165, 1.54) is 0 Å². The van der Waals surface area contributed by atoms with Crippen molar-refractivity contribution in [3.8, 4) is 0 Å². The first-order chi connectivity index (χ1) is 8.24. The molecule has 110 valence electrons. The fourth-order valence-electron chi connectivity index (χ4n) is 1.43. The van der Waals surface area contributed by atoms with E-state index in [1.54, 1.807) is 27.9 Å². The van der Waals surface area contributed by atoms with Crippen molar-refractivity contribution in [3.63, 3.8) is 0 Å². The Morgan fingerprint density at radius 2 is 1.78 bits per heavy atom. The second-order valence-corrected chi connectivity index (χ2v) is 8.27. The van der Waals surface area contributed by atoms with Crippen molar-refractivity contribution in [1.82, 2.24) is 4.90 Å². The van der Waals surface area contributed by atoms with Gasteiger partial charge in [-0.15, -0.1) is 0 Å². The maximum Gasteiger partial charge on any atom is 0.156 e. The van der Waals surface area contributed by atoms with E-state index in [1.807, 2.05) is 0 Å². The molecule has 0 radical (unpaired) electrons. The Morgan fingerprint density at radius 3 is 2.22 bits per heavy atom. The normalized spacial score (nSPS) is 13.2. The smallest absolute Gasteiger partial charge is 0.156 e. The Morgan fingerprint density at radius 1 is 1.17 bits per heavy atom. The molecule has 0 aliphatic carbocycles. The van der Waals surface area contributed by atoms with E-state index >= 15 is 0 Å². The van der Waals surface area contributed by atoms with Crippen LogP contribution in [-0.4, -0.2) is 63.7 Å².